The van der Waals surface area contributed by atoms with Crippen LogP contribution in [-0.2, 0) is 0 Å². The van der Waals surface area contributed by atoms with Crippen molar-refractivity contribution in [2.24, 2.45) is 0 Å². The Labute approximate surface area is 61.3 Å². The van der Waals surface area contributed by atoms with Crippen molar-refractivity contribution in [3.63, 3.8) is 0 Å². The Morgan fingerprint density at radius 2 is 1.33 bits per heavy atom. The van der Waals surface area contributed by atoms with Gasteiger partial charge < -0.3 is 0 Å². The summed E-state index contributed by atoms with van der Waals surface area (Å²) in [4.78, 5) is 0. The number of rotatable bonds is 4. The molecule has 0 aromatic carbocycles. The second kappa shape index (κ2) is 4.99. The molecule has 0 nitrogen and oxygen atoms in total. The van der Waals surface area contributed by atoms with E-state index in [2.05, 4.69) is 27.7 Å². The number of hydrogen-bond donors (Lipinski definition) is 0. The predicted molar refractivity (Wildman–Crippen MR) is 45.2 cm³/mol. The molecular weight excluding hydrogens is 105 g/mol. The fraction of sp³-hybridized carbons (Fsp3) is 1.00. The molecule has 0 bridgehead atoms. The molecule has 0 N–H and O–H groups in total. The van der Waals surface area contributed by atoms with E-state index in [1.165, 1.54) is 21.6 Å². The van der Waals surface area contributed by atoms with Gasteiger partial charge in [-0.25, -0.2) is 0 Å². The normalized spacial score (nSPS) is 16.4. The average Bonchev–Trinajstić information content (AvgIpc) is 1.87. The van der Waals surface area contributed by atoms with E-state index in [1.54, 1.807) is 0 Å². The summed E-state index contributed by atoms with van der Waals surface area (Å²) in [6, 6.07) is 0. The van der Waals surface area contributed by atoms with Gasteiger partial charge in [0, 0.05) is 0 Å². The van der Waals surface area contributed by atoms with Gasteiger partial charge in [-0.1, -0.05) is 0 Å². The average molecular weight is 123 g/mol. The molecule has 0 aromatic heterocycles. The van der Waals surface area contributed by atoms with E-state index in [0.29, 0.717) is 0 Å². The Balaban J connectivity index is 3.22. The van der Waals surface area contributed by atoms with E-state index in [-0.39, 0.29) is 0 Å². The van der Waals surface area contributed by atoms with E-state index in [4.69, 9.17) is 0 Å². The van der Waals surface area contributed by atoms with E-state index >= 15 is 0 Å². The van der Waals surface area contributed by atoms with Crippen LogP contribution >= 0.6 is 0 Å². The summed E-state index contributed by atoms with van der Waals surface area (Å²) >= 11 is 0. The molecule has 9 heavy (non-hydrogen) atoms. The van der Waals surface area contributed by atoms with Crippen LogP contribution in [0.3, 0.4) is 0 Å². The van der Waals surface area contributed by atoms with Crippen molar-refractivity contribution in [3.05, 3.63) is 0 Å². The zero-order chi connectivity index (χ0) is 7.28. The van der Waals surface area contributed by atoms with Crippen molar-refractivity contribution < 1.29 is 0 Å². The van der Waals surface area contributed by atoms with Crippen molar-refractivity contribution >= 4 is 8.78 Å². The van der Waals surface area contributed by atoms with E-state index < -0.39 is 0 Å². The molecule has 2 unspecified atom stereocenters. The van der Waals surface area contributed by atoms with Gasteiger partial charge >= 0.3 is 60.6 Å². The molecule has 0 amide bonds. The Morgan fingerprint density at radius 1 is 1.00 bits per heavy atom. The Morgan fingerprint density at radius 3 is 1.56 bits per heavy atom. The molecule has 0 aromatic rings. The van der Waals surface area contributed by atoms with Gasteiger partial charge in [-0.2, -0.15) is 0 Å². The first-order valence-electron chi connectivity index (χ1n) is 4.20. The van der Waals surface area contributed by atoms with Gasteiger partial charge in [0.25, 0.3) is 0 Å². The Kier molecular flexibility index (Phi) is 5.09. The predicted octanol–water partition coefficient (Wildman–Crippen LogP) is 3.13. The molecule has 2 atom stereocenters. The van der Waals surface area contributed by atoms with Gasteiger partial charge in [0.05, 0.1) is 0 Å². The van der Waals surface area contributed by atoms with Gasteiger partial charge in [-0.3, -0.25) is 0 Å². The minimum atomic E-state index is 0.931. The zero-order valence-electron chi connectivity index (χ0n) is 7.28. The van der Waals surface area contributed by atoms with Crippen molar-refractivity contribution in [3.8, 4) is 0 Å². The maximum atomic E-state index is 2.34. The third kappa shape index (κ3) is 4.66. The monoisotopic (exact) mass is 123 g/mol. The van der Waals surface area contributed by atoms with E-state index in [0.717, 1.165) is 11.3 Å². The first kappa shape index (κ1) is 9.17. The van der Waals surface area contributed by atoms with Crippen LogP contribution in [0.5, 0.6) is 0 Å². The van der Waals surface area contributed by atoms with Crippen LogP contribution in [0.25, 0.3) is 0 Å². The molecule has 0 aliphatic heterocycles. The van der Waals surface area contributed by atoms with Crippen molar-refractivity contribution in [2.75, 3.05) is 0 Å². The van der Waals surface area contributed by atoms with Gasteiger partial charge in [-0.15, -0.1) is 0 Å². The quantitative estimate of drug-likeness (QED) is 0.504. The first-order chi connectivity index (χ1) is 4.20. The summed E-state index contributed by atoms with van der Waals surface area (Å²) in [5.74, 6) is 0. The van der Waals surface area contributed by atoms with Gasteiger partial charge in [0.2, 0.25) is 0 Å². The summed E-state index contributed by atoms with van der Waals surface area (Å²) < 4.78 is 0. The molecule has 0 saturated carbocycles. The van der Waals surface area contributed by atoms with E-state index in [9.17, 15) is 0 Å². The topological polar surface area (TPSA) is 0 Å². The molecule has 52 valence electrons. The third-order valence-corrected chi connectivity index (χ3v) is 2.20. The third-order valence-electron chi connectivity index (χ3n) is 2.20. The van der Waals surface area contributed by atoms with Gasteiger partial charge in [-0.05, 0) is 0 Å². The molecule has 1 heteroatoms. The van der Waals surface area contributed by atoms with Crippen LogP contribution in [0, 0.1) is 0 Å². The summed E-state index contributed by atoms with van der Waals surface area (Å²) in [5, 5.41) is 0. The second-order valence-corrected chi connectivity index (χ2v) is 3.26. The van der Waals surface area contributed by atoms with Gasteiger partial charge in [0.15, 0.2) is 0 Å². The maximum absolute atomic E-state index is 2.34. The summed E-state index contributed by atoms with van der Waals surface area (Å²) in [7, 11) is 1.41. The van der Waals surface area contributed by atoms with Crippen molar-refractivity contribution in [1.82, 2.24) is 0 Å². The Bertz CT molecular complexity index is 53.6. The summed E-state index contributed by atoms with van der Waals surface area (Å²) in [6.07, 6.45) is 2.68. The molecule has 0 fully saturated rings. The summed E-state index contributed by atoms with van der Waals surface area (Å²) in [6.45, 7) is 9.22. The molecular formula is C8H18Be. The molecule has 0 spiro atoms. The van der Waals surface area contributed by atoms with E-state index in [1.807, 2.05) is 0 Å². The molecule has 0 aliphatic carbocycles. The number of hydrogen-bond acceptors (Lipinski definition) is 0. The zero-order valence-corrected chi connectivity index (χ0v) is 7.28. The van der Waals surface area contributed by atoms with Crippen LogP contribution in [0.1, 0.15) is 40.5 Å². The van der Waals surface area contributed by atoms with Crippen LogP contribution in [0.2, 0.25) is 11.3 Å². The van der Waals surface area contributed by atoms with Gasteiger partial charge in [0.1, 0.15) is 0 Å². The molecule has 0 radical (unpaired) electrons. The van der Waals surface area contributed by atoms with Crippen LogP contribution in [0.4, 0.5) is 0 Å². The fourth-order valence-electron chi connectivity index (χ4n) is 1.02. The molecule has 0 aliphatic rings. The standard InChI is InChI=1S/2C4H9.Be/c2*1-3-4-2;/h2*3H,4H2,1-2H3;. The SMILES string of the molecule is CC[CH](C)[Be][CH](C)CC. The Hall–Kier alpha value is 0.169. The molecule has 0 heterocycles. The summed E-state index contributed by atoms with van der Waals surface area (Å²) in [5.41, 5.74) is 1.86. The van der Waals surface area contributed by atoms with Crippen molar-refractivity contribution in [2.45, 2.75) is 51.8 Å². The second-order valence-electron chi connectivity index (χ2n) is 3.26. The van der Waals surface area contributed by atoms with Crippen LogP contribution in [-0.4, -0.2) is 8.78 Å². The van der Waals surface area contributed by atoms with Crippen molar-refractivity contribution in [1.29, 1.82) is 0 Å². The van der Waals surface area contributed by atoms with Crippen LogP contribution in [0.15, 0.2) is 0 Å². The van der Waals surface area contributed by atoms with Crippen LogP contribution < -0.4 is 0 Å². The minimum absolute atomic E-state index is 0.931. The first-order valence-corrected chi connectivity index (χ1v) is 4.20. The molecule has 0 saturated heterocycles. The fourth-order valence-corrected chi connectivity index (χ4v) is 1.02. The molecule has 0 rings (SSSR count).